The molecule has 3 aromatic carbocycles. The Morgan fingerprint density at radius 1 is 0.870 bits per heavy atom. The van der Waals surface area contributed by atoms with Gasteiger partial charge in [0.25, 0.3) is 0 Å². The predicted molar refractivity (Wildman–Crippen MR) is 174 cm³/mol. The highest BCUT2D eigenvalue weighted by molar-refractivity contribution is 7.89. The van der Waals surface area contributed by atoms with Crippen LogP contribution in [-0.2, 0) is 21.2 Å². The van der Waals surface area contributed by atoms with Gasteiger partial charge in [0, 0.05) is 50.4 Å². The lowest BCUT2D eigenvalue weighted by Crippen LogP contribution is -2.47. The van der Waals surface area contributed by atoms with E-state index in [2.05, 4.69) is 23.1 Å². The third-order valence-electron chi connectivity index (χ3n) is 8.82. The molecule has 0 aliphatic carbocycles. The Bertz CT molecular complexity index is 1840. The number of piperazine rings is 1. The van der Waals surface area contributed by atoms with Gasteiger partial charge >= 0.3 is 0 Å². The van der Waals surface area contributed by atoms with E-state index in [1.165, 1.54) is 22.5 Å². The molecule has 0 N–H and O–H groups in total. The van der Waals surface area contributed by atoms with E-state index in [4.69, 9.17) is 9.97 Å². The number of anilines is 2. The maximum absolute atomic E-state index is 14.5. The van der Waals surface area contributed by atoms with Crippen LogP contribution in [0.15, 0.2) is 77.7 Å². The summed E-state index contributed by atoms with van der Waals surface area (Å²) in [5.41, 5.74) is 5.17. The molecule has 0 radical (unpaired) electrons. The van der Waals surface area contributed by atoms with Crippen LogP contribution >= 0.6 is 0 Å². The number of Topliss-reactive ketones (excluding diaryl/α,β-unsaturated/α-hetero) is 1. The van der Waals surface area contributed by atoms with E-state index < -0.39 is 21.9 Å². The molecule has 4 aromatic rings. The SMILES string of the molecule is Cc1ccc(C)c(-c2cc(CCC(=O)[C@@H]3CCCN3S(=O)(=O)c3ccc(F)cc3)nc(N3CCN(c4ccccc4F)CC3)n2)c1. The Kier molecular flexibility index (Phi) is 9.15. The van der Waals surface area contributed by atoms with Crippen molar-refractivity contribution < 1.29 is 22.0 Å². The fraction of sp³-hybridized carbons (Fsp3) is 0.343. The average molecular weight is 646 g/mol. The summed E-state index contributed by atoms with van der Waals surface area (Å²) >= 11 is 0. The first-order chi connectivity index (χ1) is 22.1. The summed E-state index contributed by atoms with van der Waals surface area (Å²) in [5.74, 6) is -0.391. The summed E-state index contributed by atoms with van der Waals surface area (Å²) in [4.78, 5) is 27.5. The predicted octanol–water partition coefficient (Wildman–Crippen LogP) is 5.72. The molecular formula is C35H37F2N5O3S. The molecule has 2 fully saturated rings. The third kappa shape index (κ3) is 6.66. The summed E-state index contributed by atoms with van der Waals surface area (Å²) in [7, 11) is -3.95. The number of benzene rings is 3. The standard InChI is InChI=1S/C35H37F2N5O3S/c1-24-9-10-25(2)29(22-24)31-23-27(38-35(39-31)41-20-18-40(19-21-41)32-7-4-3-6-30(32)37)13-16-34(43)33-8-5-17-42(33)46(44,45)28-14-11-26(36)12-15-28/h3-4,6-7,9-12,14-15,22-23,33H,5,8,13,16-21H2,1-2H3/t33-/m0/s1. The highest BCUT2D eigenvalue weighted by atomic mass is 32.2. The number of hydrogen-bond acceptors (Lipinski definition) is 7. The van der Waals surface area contributed by atoms with Gasteiger partial charge in [-0.3, -0.25) is 4.79 Å². The molecule has 0 spiro atoms. The van der Waals surface area contributed by atoms with E-state index in [0.717, 1.165) is 34.5 Å². The van der Waals surface area contributed by atoms with E-state index >= 15 is 0 Å². The van der Waals surface area contributed by atoms with E-state index in [9.17, 15) is 22.0 Å². The number of aryl methyl sites for hydroxylation is 3. The molecule has 2 aliphatic rings. The van der Waals surface area contributed by atoms with Crippen LogP contribution in [0.25, 0.3) is 11.3 Å². The number of para-hydroxylation sites is 1. The number of ketones is 1. The van der Waals surface area contributed by atoms with Crippen LogP contribution in [0.1, 0.15) is 36.1 Å². The highest BCUT2D eigenvalue weighted by Gasteiger charge is 2.39. The minimum atomic E-state index is -3.95. The minimum absolute atomic E-state index is 0.0256. The zero-order chi connectivity index (χ0) is 32.4. The smallest absolute Gasteiger partial charge is 0.243 e. The van der Waals surface area contributed by atoms with Gasteiger partial charge in [0.15, 0.2) is 5.78 Å². The van der Waals surface area contributed by atoms with Crippen LogP contribution in [-0.4, -0.2) is 67.2 Å². The third-order valence-corrected chi connectivity index (χ3v) is 10.7. The molecule has 0 bridgehead atoms. The van der Waals surface area contributed by atoms with Crippen molar-refractivity contribution in [2.45, 2.75) is 50.5 Å². The van der Waals surface area contributed by atoms with Gasteiger partial charge < -0.3 is 9.80 Å². The number of carbonyl (C=O) groups is 1. The lowest BCUT2D eigenvalue weighted by atomic mass is 10.0. The largest absolute Gasteiger partial charge is 0.366 e. The van der Waals surface area contributed by atoms with Crippen LogP contribution in [0.3, 0.4) is 0 Å². The van der Waals surface area contributed by atoms with Crippen molar-refractivity contribution in [2.24, 2.45) is 0 Å². The van der Waals surface area contributed by atoms with Gasteiger partial charge in [-0.2, -0.15) is 4.31 Å². The molecule has 0 unspecified atom stereocenters. The second kappa shape index (κ2) is 13.3. The molecule has 2 saturated heterocycles. The maximum atomic E-state index is 14.5. The van der Waals surface area contributed by atoms with E-state index in [-0.39, 0.29) is 29.5 Å². The number of aromatic nitrogens is 2. The minimum Gasteiger partial charge on any atom is -0.366 e. The highest BCUT2D eigenvalue weighted by Crippen LogP contribution is 2.30. The van der Waals surface area contributed by atoms with Crippen molar-refractivity contribution in [3.05, 3.63) is 101 Å². The zero-order valence-electron chi connectivity index (χ0n) is 26.0. The lowest BCUT2D eigenvalue weighted by Gasteiger charge is -2.36. The summed E-state index contributed by atoms with van der Waals surface area (Å²) in [6.45, 7) is 6.70. The van der Waals surface area contributed by atoms with Crippen molar-refractivity contribution in [1.29, 1.82) is 0 Å². The first kappa shape index (κ1) is 31.7. The molecule has 11 heteroatoms. The summed E-state index contributed by atoms with van der Waals surface area (Å²) < 4.78 is 55.9. The van der Waals surface area contributed by atoms with Crippen LogP contribution in [0.5, 0.6) is 0 Å². The summed E-state index contributed by atoms with van der Waals surface area (Å²) in [6.07, 6.45) is 1.45. The molecule has 3 heterocycles. The zero-order valence-corrected chi connectivity index (χ0v) is 26.8. The van der Waals surface area contributed by atoms with Crippen LogP contribution in [0, 0.1) is 25.5 Å². The molecule has 1 atom stereocenters. The molecule has 2 aliphatic heterocycles. The van der Waals surface area contributed by atoms with E-state index in [0.29, 0.717) is 62.8 Å². The van der Waals surface area contributed by atoms with Crippen molar-refractivity contribution in [3.63, 3.8) is 0 Å². The molecule has 1 aromatic heterocycles. The van der Waals surface area contributed by atoms with Crippen molar-refractivity contribution in [3.8, 4) is 11.3 Å². The number of sulfonamides is 1. The summed E-state index contributed by atoms with van der Waals surface area (Å²) in [5, 5.41) is 0. The Labute approximate surface area is 268 Å². The maximum Gasteiger partial charge on any atom is 0.243 e. The first-order valence-corrected chi connectivity index (χ1v) is 17.0. The molecule has 8 nitrogen and oxygen atoms in total. The van der Waals surface area contributed by atoms with Crippen LogP contribution < -0.4 is 9.80 Å². The molecule has 240 valence electrons. The normalized spacial score (nSPS) is 17.4. The lowest BCUT2D eigenvalue weighted by molar-refractivity contribution is -0.122. The number of halogens is 2. The Balaban J connectivity index is 1.23. The van der Waals surface area contributed by atoms with Gasteiger partial charge in [0.1, 0.15) is 11.6 Å². The van der Waals surface area contributed by atoms with Gasteiger partial charge in [-0.15, -0.1) is 0 Å². The topological polar surface area (TPSA) is 86.7 Å². The average Bonchev–Trinajstić information content (AvgIpc) is 3.57. The first-order valence-electron chi connectivity index (χ1n) is 15.6. The molecule has 46 heavy (non-hydrogen) atoms. The van der Waals surface area contributed by atoms with Crippen LogP contribution in [0.2, 0.25) is 0 Å². The fourth-order valence-electron chi connectivity index (χ4n) is 6.27. The second-order valence-electron chi connectivity index (χ2n) is 12.0. The number of rotatable bonds is 9. The van der Waals surface area contributed by atoms with Crippen molar-refractivity contribution >= 4 is 27.4 Å². The molecule has 6 rings (SSSR count). The Hall–Kier alpha value is -4.22. The molecule has 0 amide bonds. The number of nitrogens with zero attached hydrogens (tertiary/aromatic N) is 5. The van der Waals surface area contributed by atoms with Crippen molar-refractivity contribution in [1.82, 2.24) is 14.3 Å². The molecular weight excluding hydrogens is 608 g/mol. The van der Waals surface area contributed by atoms with E-state index in [1.54, 1.807) is 12.1 Å². The monoisotopic (exact) mass is 645 g/mol. The number of carbonyl (C=O) groups excluding carboxylic acids is 1. The van der Waals surface area contributed by atoms with Gasteiger partial charge in [-0.25, -0.2) is 27.2 Å². The van der Waals surface area contributed by atoms with Gasteiger partial charge in [0.05, 0.1) is 22.3 Å². The Morgan fingerprint density at radius 3 is 2.33 bits per heavy atom. The fourth-order valence-corrected chi connectivity index (χ4v) is 7.95. The molecule has 0 saturated carbocycles. The van der Waals surface area contributed by atoms with Gasteiger partial charge in [0.2, 0.25) is 16.0 Å². The second-order valence-corrected chi connectivity index (χ2v) is 13.9. The van der Waals surface area contributed by atoms with E-state index in [1.807, 2.05) is 30.9 Å². The van der Waals surface area contributed by atoms with Crippen LogP contribution in [0.4, 0.5) is 20.4 Å². The summed E-state index contributed by atoms with van der Waals surface area (Å²) in [6, 6.07) is 18.8. The quantitative estimate of drug-likeness (QED) is 0.230. The number of hydrogen-bond donors (Lipinski definition) is 0. The van der Waals surface area contributed by atoms with Gasteiger partial charge in [-0.1, -0.05) is 29.8 Å². The Morgan fingerprint density at radius 2 is 1.59 bits per heavy atom. The van der Waals surface area contributed by atoms with Crippen molar-refractivity contribution in [2.75, 3.05) is 42.5 Å². The van der Waals surface area contributed by atoms with Gasteiger partial charge in [-0.05, 0) is 87.2 Å².